The summed E-state index contributed by atoms with van der Waals surface area (Å²) >= 11 is 6.65. The summed E-state index contributed by atoms with van der Waals surface area (Å²) in [6.07, 6.45) is 9.50. The highest BCUT2D eigenvalue weighted by atomic mass is 35.5. The van der Waals surface area contributed by atoms with Crippen molar-refractivity contribution >= 4 is 50.6 Å². The molecule has 2 saturated heterocycles. The van der Waals surface area contributed by atoms with Crippen molar-refractivity contribution in [2.75, 3.05) is 53.5 Å². The monoisotopic (exact) mass is 693 g/mol. The molecule has 12 heteroatoms. The Hall–Kier alpha value is -3.22. The van der Waals surface area contributed by atoms with Crippen molar-refractivity contribution in [2.45, 2.75) is 63.5 Å². The molecule has 256 valence electrons. The van der Waals surface area contributed by atoms with Crippen molar-refractivity contribution in [2.24, 2.45) is 0 Å². The molecule has 0 spiro atoms. The normalized spacial score (nSPS) is 19.9. The van der Waals surface area contributed by atoms with Crippen LogP contribution < -0.4 is 4.72 Å². The quantitative estimate of drug-likeness (QED) is 0.378. The van der Waals surface area contributed by atoms with Gasteiger partial charge in [-0.05, 0) is 73.1 Å². The number of rotatable bonds is 6. The Labute approximate surface area is 287 Å². The van der Waals surface area contributed by atoms with Gasteiger partial charge in [0.2, 0.25) is 0 Å². The summed E-state index contributed by atoms with van der Waals surface area (Å²) in [6.45, 7) is 5.13. The van der Waals surface area contributed by atoms with E-state index in [0.717, 1.165) is 96.9 Å². The van der Waals surface area contributed by atoms with Crippen molar-refractivity contribution in [1.29, 1.82) is 0 Å². The Kier molecular flexibility index (Phi) is 9.42. The van der Waals surface area contributed by atoms with E-state index in [4.69, 9.17) is 16.3 Å². The first-order valence-corrected chi connectivity index (χ1v) is 18.9. The molecule has 0 atom stereocenters. The van der Waals surface area contributed by atoms with Gasteiger partial charge in [0.25, 0.3) is 11.8 Å². The molecule has 3 fully saturated rings. The minimum atomic E-state index is -3.98. The van der Waals surface area contributed by atoms with Gasteiger partial charge in [-0.3, -0.25) is 14.5 Å². The van der Waals surface area contributed by atoms with Crippen LogP contribution in [0.15, 0.2) is 42.0 Å². The molecule has 2 aromatic carbocycles. The molecule has 3 aliphatic heterocycles. The number of benzene rings is 2. The number of hydrogen-bond donors (Lipinski definition) is 1. The topological polar surface area (TPSA) is 104 Å². The third kappa shape index (κ3) is 6.43. The second-order valence-electron chi connectivity index (χ2n) is 13.7. The van der Waals surface area contributed by atoms with E-state index >= 15 is 0 Å². The van der Waals surface area contributed by atoms with Crippen LogP contribution in [0, 0.1) is 0 Å². The van der Waals surface area contributed by atoms with E-state index < -0.39 is 16.1 Å². The van der Waals surface area contributed by atoms with E-state index in [9.17, 15) is 18.0 Å². The fraction of sp³-hybridized carbons (Fsp3) is 0.500. The Morgan fingerprint density at radius 1 is 0.938 bits per heavy atom. The number of piperidine rings is 1. The van der Waals surface area contributed by atoms with Crippen LogP contribution in [-0.4, -0.2) is 98.4 Å². The number of amides is 2. The van der Waals surface area contributed by atoms with Crippen LogP contribution in [0.3, 0.4) is 0 Å². The number of carbonyl (C=O) groups is 2. The maximum atomic E-state index is 14.4. The summed E-state index contributed by atoms with van der Waals surface area (Å²) in [5, 5.41) is 1.64. The summed E-state index contributed by atoms with van der Waals surface area (Å²) in [5.74, 6) is -0.363. The zero-order chi connectivity index (χ0) is 33.6. The highest BCUT2D eigenvalue weighted by Gasteiger charge is 2.33. The van der Waals surface area contributed by atoms with Gasteiger partial charge < -0.3 is 14.2 Å². The number of aromatic nitrogens is 1. The smallest absolute Gasteiger partial charge is 0.303 e. The fourth-order valence-corrected chi connectivity index (χ4v) is 8.72. The molecule has 7 rings (SSSR count). The highest BCUT2D eigenvalue weighted by Crippen LogP contribution is 2.47. The molecule has 3 aromatic rings. The molecule has 0 unspecified atom stereocenters. The minimum Gasteiger partial charge on any atom is -0.379 e. The molecule has 1 aliphatic carbocycles. The maximum absolute atomic E-state index is 14.4. The Morgan fingerprint density at radius 2 is 1.67 bits per heavy atom. The average molecular weight is 694 g/mol. The van der Waals surface area contributed by atoms with E-state index in [1.807, 2.05) is 35.2 Å². The average Bonchev–Trinajstić information content (AvgIpc) is 3.32. The highest BCUT2D eigenvalue weighted by molar-refractivity contribution is 7.87. The number of carbonyl (C=O) groups excluding carboxylic acids is 2. The van der Waals surface area contributed by atoms with Crippen LogP contribution in [0.5, 0.6) is 0 Å². The van der Waals surface area contributed by atoms with Gasteiger partial charge in [-0.15, -0.1) is 0 Å². The summed E-state index contributed by atoms with van der Waals surface area (Å²) < 4.78 is 35.9. The molecule has 1 saturated carbocycles. The number of fused-ring (bicyclic) bond motifs is 5. The van der Waals surface area contributed by atoms with E-state index in [-0.39, 0.29) is 11.5 Å². The largest absolute Gasteiger partial charge is 0.379 e. The van der Waals surface area contributed by atoms with Gasteiger partial charge in [-0.2, -0.15) is 12.7 Å². The van der Waals surface area contributed by atoms with Gasteiger partial charge in [0, 0.05) is 78.9 Å². The summed E-state index contributed by atoms with van der Waals surface area (Å²) in [4.78, 5) is 32.1. The predicted octanol–water partition coefficient (Wildman–Crippen LogP) is 5.27. The number of nitrogens with zero attached hydrogens (tertiary/aromatic N) is 4. The first-order valence-electron chi connectivity index (χ1n) is 17.1. The van der Waals surface area contributed by atoms with Gasteiger partial charge in [-0.25, -0.2) is 4.72 Å². The molecule has 10 nitrogen and oxygen atoms in total. The third-order valence-corrected chi connectivity index (χ3v) is 12.2. The fourth-order valence-electron chi connectivity index (χ4n) is 8.02. The van der Waals surface area contributed by atoms with E-state index in [0.29, 0.717) is 42.2 Å². The summed E-state index contributed by atoms with van der Waals surface area (Å²) in [5.41, 5.74) is 5.87. The Morgan fingerprint density at radius 3 is 2.38 bits per heavy atom. The van der Waals surface area contributed by atoms with E-state index in [1.165, 1.54) is 26.1 Å². The minimum absolute atomic E-state index is 0.0243. The van der Waals surface area contributed by atoms with Gasteiger partial charge >= 0.3 is 10.2 Å². The molecule has 1 aromatic heterocycles. The molecule has 0 bridgehead atoms. The van der Waals surface area contributed by atoms with Crippen LogP contribution in [0.4, 0.5) is 0 Å². The number of halogens is 1. The SMILES string of the molecule is CN(C)S(=O)(=O)NC(=O)c1ccc2c(C3CCCCC3)c3n(c2c1)CC(C(=O)N1CCC(N2CCOCC2)CC1)=Cc1ccc(Cl)cc1-3. The standard InChI is InChI=1S/C36H44ClN5O5S/c1-39(2)48(45,46)38-35(43)26-9-11-30-32(21-26)42-23-27(36(44)41-14-12-29(13-15-41)40-16-18-47-19-17-40)20-25-8-10-28(37)22-31(25)34(42)33(30)24-6-4-3-5-7-24/h8-11,20-22,24,29H,3-7,12-19,23H2,1-2H3,(H,38,43). The van der Waals surface area contributed by atoms with Gasteiger partial charge in [0.1, 0.15) is 0 Å². The Balaban J connectivity index is 1.30. The zero-order valence-electron chi connectivity index (χ0n) is 27.7. The van der Waals surface area contributed by atoms with Crippen molar-refractivity contribution in [3.05, 3.63) is 63.7 Å². The van der Waals surface area contributed by atoms with Crippen LogP contribution in [-0.2, 0) is 26.3 Å². The molecular formula is C36H44ClN5O5S. The summed E-state index contributed by atoms with van der Waals surface area (Å²) in [7, 11) is -1.23. The first-order chi connectivity index (χ1) is 23.1. The lowest BCUT2D eigenvalue weighted by Gasteiger charge is -2.40. The number of likely N-dealkylation sites (tertiary alicyclic amines) is 1. The Bertz CT molecular complexity index is 1870. The predicted molar refractivity (Wildman–Crippen MR) is 188 cm³/mol. The van der Waals surface area contributed by atoms with Crippen molar-refractivity contribution in [3.8, 4) is 11.3 Å². The lowest BCUT2D eigenvalue weighted by molar-refractivity contribution is -0.129. The van der Waals surface area contributed by atoms with E-state index in [1.54, 1.807) is 12.1 Å². The molecule has 0 radical (unpaired) electrons. The van der Waals surface area contributed by atoms with Crippen molar-refractivity contribution in [1.82, 2.24) is 23.4 Å². The molecule has 1 N–H and O–H groups in total. The van der Waals surface area contributed by atoms with Crippen LogP contribution >= 0.6 is 11.6 Å². The molecule has 4 heterocycles. The number of ether oxygens (including phenoxy) is 1. The van der Waals surface area contributed by atoms with Crippen LogP contribution in [0.2, 0.25) is 5.02 Å². The molecule has 48 heavy (non-hydrogen) atoms. The zero-order valence-corrected chi connectivity index (χ0v) is 29.3. The molecular weight excluding hydrogens is 650 g/mol. The maximum Gasteiger partial charge on any atom is 0.303 e. The van der Waals surface area contributed by atoms with Gasteiger partial charge in [0.15, 0.2) is 0 Å². The number of nitrogens with one attached hydrogen (secondary N) is 1. The van der Waals surface area contributed by atoms with Gasteiger partial charge in [-0.1, -0.05) is 43.0 Å². The second-order valence-corrected chi connectivity index (χ2v) is 16.0. The lowest BCUT2D eigenvalue weighted by atomic mass is 9.81. The second kappa shape index (κ2) is 13.6. The molecule has 2 amide bonds. The molecule has 4 aliphatic rings. The first kappa shape index (κ1) is 33.3. The number of morpholine rings is 1. The van der Waals surface area contributed by atoms with Crippen molar-refractivity contribution < 1.29 is 22.7 Å². The van der Waals surface area contributed by atoms with Crippen molar-refractivity contribution in [3.63, 3.8) is 0 Å². The summed E-state index contributed by atoms with van der Waals surface area (Å²) in [6, 6.07) is 11.7. The number of hydrogen-bond acceptors (Lipinski definition) is 6. The lowest BCUT2D eigenvalue weighted by Crippen LogP contribution is -2.50. The van der Waals surface area contributed by atoms with Gasteiger partial charge in [0.05, 0.1) is 25.5 Å². The van der Waals surface area contributed by atoms with Crippen LogP contribution in [0.1, 0.15) is 72.3 Å². The van der Waals surface area contributed by atoms with Crippen LogP contribution in [0.25, 0.3) is 28.2 Å². The van der Waals surface area contributed by atoms with E-state index in [2.05, 4.69) is 14.2 Å². The third-order valence-electron chi connectivity index (χ3n) is 10.6.